The summed E-state index contributed by atoms with van der Waals surface area (Å²) >= 11 is 0. The third kappa shape index (κ3) is 2.84. The molecule has 2 unspecified atom stereocenters. The van der Waals surface area contributed by atoms with Gasteiger partial charge in [0.2, 0.25) is 0 Å². The largest absolute Gasteiger partial charge is 0.345 e. The molecule has 4 nitrogen and oxygen atoms in total. The van der Waals surface area contributed by atoms with E-state index in [-0.39, 0.29) is 17.7 Å². The van der Waals surface area contributed by atoms with Gasteiger partial charge in [-0.25, -0.2) is 0 Å². The van der Waals surface area contributed by atoms with Crippen LogP contribution in [0.15, 0.2) is 30.3 Å². The molecule has 1 heterocycles. The Morgan fingerprint density at radius 3 is 2.50 bits per heavy atom. The van der Waals surface area contributed by atoms with Crippen LogP contribution in [0.4, 0.5) is 0 Å². The minimum atomic E-state index is -0.170. The lowest BCUT2D eigenvalue weighted by atomic mass is 10.0. The SMILES string of the molecule is CC(=O)c1cc(C(=O)NC2c3ccccc3CC2C)c(C)nc1C. The minimum absolute atomic E-state index is 0.00446. The number of aromatic nitrogens is 1. The van der Waals surface area contributed by atoms with E-state index in [1.54, 1.807) is 19.9 Å². The summed E-state index contributed by atoms with van der Waals surface area (Å²) in [6, 6.07) is 9.89. The first-order valence-electron chi connectivity index (χ1n) is 8.26. The molecule has 3 rings (SSSR count). The maximum absolute atomic E-state index is 12.8. The summed E-state index contributed by atoms with van der Waals surface area (Å²) < 4.78 is 0. The summed E-state index contributed by atoms with van der Waals surface area (Å²) in [5, 5.41) is 3.14. The molecule has 0 spiro atoms. The lowest BCUT2D eigenvalue weighted by Gasteiger charge is -2.20. The first-order valence-corrected chi connectivity index (χ1v) is 8.26. The van der Waals surface area contributed by atoms with E-state index in [4.69, 9.17) is 0 Å². The van der Waals surface area contributed by atoms with Crippen LogP contribution in [0.2, 0.25) is 0 Å². The van der Waals surface area contributed by atoms with Gasteiger partial charge in [-0.05, 0) is 50.3 Å². The van der Waals surface area contributed by atoms with Crippen LogP contribution >= 0.6 is 0 Å². The van der Waals surface area contributed by atoms with Gasteiger partial charge in [-0.2, -0.15) is 0 Å². The number of fused-ring (bicyclic) bond motifs is 1. The molecule has 2 aromatic rings. The number of hydrogen-bond donors (Lipinski definition) is 1. The molecule has 4 heteroatoms. The molecule has 0 bridgehead atoms. The monoisotopic (exact) mass is 322 g/mol. The van der Waals surface area contributed by atoms with Crippen molar-refractivity contribution in [2.45, 2.75) is 40.2 Å². The number of pyridine rings is 1. The number of hydrogen-bond acceptors (Lipinski definition) is 3. The first kappa shape index (κ1) is 16.4. The van der Waals surface area contributed by atoms with E-state index < -0.39 is 0 Å². The Balaban J connectivity index is 1.91. The normalized spacial score (nSPS) is 19.0. The molecule has 2 atom stereocenters. The predicted octanol–water partition coefficient (Wildman–Crippen LogP) is 3.56. The van der Waals surface area contributed by atoms with E-state index in [1.807, 2.05) is 12.1 Å². The third-order valence-electron chi connectivity index (χ3n) is 4.82. The summed E-state index contributed by atoms with van der Waals surface area (Å²) in [5.74, 6) is 0.0991. The maximum Gasteiger partial charge on any atom is 0.253 e. The van der Waals surface area contributed by atoms with Gasteiger partial charge in [0.1, 0.15) is 0 Å². The number of ketones is 1. The van der Waals surface area contributed by atoms with Gasteiger partial charge >= 0.3 is 0 Å². The molecule has 1 amide bonds. The molecule has 1 N–H and O–H groups in total. The number of nitrogens with one attached hydrogen (secondary N) is 1. The second-order valence-corrected chi connectivity index (χ2v) is 6.64. The highest BCUT2D eigenvalue weighted by Crippen LogP contribution is 2.35. The van der Waals surface area contributed by atoms with E-state index >= 15 is 0 Å². The second kappa shape index (κ2) is 6.19. The van der Waals surface area contributed by atoms with Crippen LogP contribution in [-0.4, -0.2) is 16.7 Å². The quantitative estimate of drug-likeness (QED) is 0.879. The van der Waals surface area contributed by atoms with Gasteiger partial charge in [0, 0.05) is 11.3 Å². The van der Waals surface area contributed by atoms with Crippen molar-refractivity contribution in [1.82, 2.24) is 10.3 Å². The molecule has 0 radical (unpaired) electrons. The van der Waals surface area contributed by atoms with E-state index in [2.05, 4.69) is 29.4 Å². The second-order valence-electron chi connectivity index (χ2n) is 6.64. The van der Waals surface area contributed by atoms with Crippen LogP contribution in [0.25, 0.3) is 0 Å². The Bertz CT molecular complexity index is 826. The summed E-state index contributed by atoms with van der Waals surface area (Å²) in [6.07, 6.45) is 0.963. The summed E-state index contributed by atoms with van der Waals surface area (Å²) in [5.41, 5.74) is 4.76. The van der Waals surface area contributed by atoms with Gasteiger partial charge in [-0.3, -0.25) is 14.6 Å². The lowest BCUT2D eigenvalue weighted by molar-refractivity contribution is 0.0926. The first-order chi connectivity index (χ1) is 11.4. The van der Waals surface area contributed by atoms with Crippen LogP contribution in [-0.2, 0) is 6.42 Å². The number of benzene rings is 1. The van der Waals surface area contributed by atoms with E-state index in [0.29, 0.717) is 28.4 Å². The van der Waals surface area contributed by atoms with Crippen molar-refractivity contribution in [3.05, 3.63) is 64.0 Å². The van der Waals surface area contributed by atoms with E-state index in [1.165, 1.54) is 18.1 Å². The number of carbonyl (C=O) groups excluding carboxylic acids is 2. The molecule has 124 valence electrons. The molecule has 24 heavy (non-hydrogen) atoms. The average molecular weight is 322 g/mol. The molecule has 1 aliphatic carbocycles. The Morgan fingerprint density at radius 1 is 1.12 bits per heavy atom. The standard InChI is InChI=1S/C20H22N2O2/c1-11-9-15-7-5-6-8-16(15)19(11)22-20(24)18-10-17(14(4)23)12(2)21-13(18)3/h5-8,10-11,19H,9H2,1-4H3,(H,22,24). The topological polar surface area (TPSA) is 59.1 Å². The van der Waals surface area contributed by atoms with Gasteiger partial charge in [-0.15, -0.1) is 0 Å². The fraction of sp³-hybridized carbons (Fsp3) is 0.350. The van der Waals surface area contributed by atoms with E-state index in [9.17, 15) is 9.59 Å². The number of nitrogens with zero attached hydrogens (tertiary/aromatic N) is 1. The lowest BCUT2D eigenvalue weighted by Crippen LogP contribution is -2.31. The molecule has 1 aliphatic rings. The van der Waals surface area contributed by atoms with Crippen LogP contribution < -0.4 is 5.32 Å². The number of carbonyl (C=O) groups is 2. The highest BCUT2D eigenvalue weighted by atomic mass is 16.1. The predicted molar refractivity (Wildman–Crippen MR) is 93.2 cm³/mol. The molecule has 1 aromatic carbocycles. The zero-order valence-corrected chi connectivity index (χ0v) is 14.5. The van der Waals surface area contributed by atoms with Crippen molar-refractivity contribution in [3.63, 3.8) is 0 Å². The Kier molecular flexibility index (Phi) is 4.22. The van der Waals surface area contributed by atoms with Crippen LogP contribution in [0.3, 0.4) is 0 Å². The van der Waals surface area contributed by atoms with Crippen molar-refractivity contribution < 1.29 is 9.59 Å². The number of aryl methyl sites for hydroxylation is 2. The summed E-state index contributed by atoms with van der Waals surface area (Å²) in [6.45, 7) is 7.24. The van der Waals surface area contributed by atoms with Gasteiger partial charge in [0.25, 0.3) is 5.91 Å². The summed E-state index contributed by atoms with van der Waals surface area (Å²) in [4.78, 5) is 28.9. The zero-order chi connectivity index (χ0) is 17.4. The average Bonchev–Trinajstić information content (AvgIpc) is 2.83. The Hall–Kier alpha value is -2.49. The minimum Gasteiger partial charge on any atom is -0.345 e. The number of Topliss-reactive ketones (excluding diaryl/α,β-unsaturated/α-hetero) is 1. The van der Waals surface area contributed by atoms with Crippen molar-refractivity contribution >= 4 is 11.7 Å². The van der Waals surface area contributed by atoms with E-state index in [0.717, 1.165) is 6.42 Å². The molecule has 0 saturated heterocycles. The molecule has 0 aliphatic heterocycles. The fourth-order valence-electron chi connectivity index (χ4n) is 3.55. The van der Waals surface area contributed by atoms with Gasteiger partial charge in [0.05, 0.1) is 17.3 Å². The van der Waals surface area contributed by atoms with Gasteiger partial charge in [0.15, 0.2) is 5.78 Å². The molecule has 0 fully saturated rings. The Labute approximate surface area is 142 Å². The smallest absolute Gasteiger partial charge is 0.253 e. The van der Waals surface area contributed by atoms with Crippen LogP contribution in [0.5, 0.6) is 0 Å². The maximum atomic E-state index is 12.8. The number of rotatable bonds is 3. The highest BCUT2D eigenvalue weighted by Gasteiger charge is 2.31. The van der Waals surface area contributed by atoms with Crippen molar-refractivity contribution in [2.24, 2.45) is 5.92 Å². The Morgan fingerprint density at radius 2 is 1.79 bits per heavy atom. The molecular weight excluding hydrogens is 300 g/mol. The van der Waals surface area contributed by atoms with Gasteiger partial charge in [-0.1, -0.05) is 31.2 Å². The summed E-state index contributed by atoms with van der Waals surface area (Å²) in [7, 11) is 0. The van der Waals surface area contributed by atoms with Crippen LogP contribution in [0, 0.1) is 19.8 Å². The molecule has 0 saturated carbocycles. The van der Waals surface area contributed by atoms with Crippen molar-refractivity contribution in [3.8, 4) is 0 Å². The third-order valence-corrected chi connectivity index (χ3v) is 4.82. The fourth-order valence-corrected chi connectivity index (χ4v) is 3.55. The van der Waals surface area contributed by atoms with Crippen molar-refractivity contribution in [1.29, 1.82) is 0 Å². The van der Waals surface area contributed by atoms with Gasteiger partial charge < -0.3 is 5.32 Å². The van der Waals surface area contributed by atoms with Crippen LogP contribution in [0.1, 0.15) is 63.1 Å². The van der Waals surface area contributed by atoms with Crippen molar-refractivity contribution in [2.75, 3.05) is 0 Å². The number of amides is 1. The molecular formula is C20H22N2O2. The highest BCUT2D eigenvalue weighted by molar-refractivity contribution is 6.00. The molecule has 1 aromatic heterocycles. The zero-order valence-electron chi connectivity index (χ0n) is 14.5.